The average Bonchev–Trinajstić information content (AvgIpc) is 2.01. The van der Waals surface area contributed by atoms with Crippen molar-refractivity contribution >= 4 is 17.6 Å². The summed E-state index contributed by atoms with van der Waals surface area (Å²) in [6.45, 7) is 5.58. The van der Waals surface area contributed by atoms with Gasteiger partial charge in [-0.3, -0.25) is 4.79 Å². The van der Waals surface area contributed by atoms with Gasteiger partial charge in [0, 0.05) is 12.0 Å². The predicted octanol–water partition coefficient (Wildman–Crippen LogP) is 3.25. The maximum absolute atomic E-state index is 10.4. The number of unbranched alkanes of at least 4 members (excludes halogenated alkanes) is 3. The second-order valence-electron chi connectivity index (χ2n) is 3.02. The maximum atomic E-state index is 10.4. The normalized spacial score (nSPS) is 9.69. The number of ether oxygens (including phenoxy) is 1. The smallest absolute Gasteiger partial charge is 0.302 e. The highest BCUT2D eigenvalue weighted by Gasteiger charge is 1.94. The van der Waals surface area contributed by atoms with Gasteiger partial charge in [0.15, 0.2) is 0 Å². The molecule has 0 bridgehead atoms. The Morgan fingerprint density at radius 1 is 1.31 bits per heavy atom. The van der Waals surface area contributed by atoms with Crippen LogP contribution in [0.25, 0.3) is 0 Å². The standard InChI is InChI=1S/C10H17ClO2/c1-9(11)7-5-3-4-6-8-13-10(2)12/h1,3-8H2,2H3. The fourth-order valence-electron chi connectivity index (χ4n) is 0.988. The van der Waals surface area contributed by atoms with Crippen LogP contribution in [-0.2, 0) is 9.53 Å². The summed E-state index contributed by atoms with van der Waals surface area (Å²) in [5, 5.41) is 0.722. The third-order valence-corrected chi connectivity index (χ3v) is 1.84. The Labute approximate surface area is 84.9 Å². The first kappa shape index (κ1) is 12.5. The molecule has 0 aliphatic heterocycles. The Morgan fingerprint density at radius 2 is 1.92 bits per heavy atom. The van der Waals surface area contributed by atoms with Crippen molar-refractivity contribution in [3.63, 3.8) is 0 Å². The summed E-state index contributed by atoms with van der Waals surface area (Å²) >= 11 is 5.60. The highest BCUT2D eigenvalue weighted by Crippen LogP contribution is 2.11. The van der Waals surface area contributed by atoms with Crippen molar-refractivity contribution in [2.24, 2.45) is 0 Å². The molecule has 0 heterocycles. The lowest BCUT2D eigenvalue weighted by molar-refractivity contribution is -0.141. The van der Waals surface area contributed by atoms with Crippen LogP contribution in [0.15, 0.2) is 11.6 Å². The lowest BCUT2D eigenvalue weighted by Gasteiger charge is -2.01. The van der Waals surface area contributed by atoms with E-state index >= 15 is 0 Å². The lowest BCUT2D eigenvalue weighted by Crippen LogP contribution is -1.99. The van der Waals surface area contributed by atoms with Crippen molar-refractivity contribution in [2.75, 3.05) is 6.61 Å². The van der Waals surface area contributed by atoms with Gasteiger partial charge in [-0.1, -0.05) is 31.0 Å². The minimum absolute atomic E-state index is 0.200. The zero-order valence-corrected chi connectivity index (χ0v) is 8.90. The molecule has 13 heavy (non-hydrogen) atoms. The summed E-state index contributed by atoms with van der Waals surface area (Å²) in [4.78, 5) is 10.4. The van der Waals surface area contributed by atoms with Crippen molar-refractivity contribution in [2.45, 2.75) is 39.0 Å². The van der Waals surface area contributed by atoms with Gasteiger partial charge in [0.25, 0.3) is 0 Å². The molecule has 0 rings (SSSR count). The minimum atomic E-state index is -0.200. The van der Waals surface area contributed by atoms with Gasteiger partial charge in [0.05, 0.1) is 6.61 Å². The van der Waals surface area contributed by atoms with Gasteiger partial charge in [-0.05, 0) is 19.3 Å². The lowest BCUT2D eigenvalue weighted by atomic mass is 10.1. The van der Waals surface area contributed by atoms with Gasteiger partial charge >= 0.3 is 5.97 Å². The van der Waals surface area contributed by atoms with Crippen LogP contribution in [0.4, 0.5) is 0 Å². The molecule has 0 saturated heterocycles. The molecule has 0 aromatic heterocycles. The van der Waals surface area contributed by atoms with Crippen molar-refractivity contribution in [1.29, 1.82) is 0 Å². The van der Waals surface area contributed by atoms with Crippen LogP contribution in [0.2, 0.25) is 0 Å². The molecule has 0 unspecified atom stereocenters. The van der Waals surface area contributed by atoms with Crippen LogP contribution in [0.3, 0.4) is 0 Å². The monoisotopic (exact) mass is 204 g/mol. The molecular formula is C10H17ClO2. The van der Waals surface area contributed by atoms with E-state index in [0.29, 0.717) is 6.61 Å². The number of rotatable bonds is 7. The van der Waals surface area contributed by atoms with E-state index in [0.717, 1.165) is 37.1 Å². The first-order chi connectivity index (χ1) is 6.13. The van der Waals surface area contributed by atoms with Crippen molar-refractivity contribution in [3.8, 4) is 0 Å². The zero-order valence-electron chi connectivity index (χ0n) is 8.14. The molecular weight excluding hydrogens is 188 g/mol. The van der Waals surface area contributed by atoms with Crippen molar-refractivity contribution < 1.29 is 9.53 Å². The molecule has 2 nitrogen and oxygen atoms in total. The van der Waals surface area contributed by atoms with Crippen LogP contribution in [0, 0.1) is 0 Å². The van der Waals surface area contributed by atoms with E-state index in [4.69, 9.17) is 16.3 Å². The Morgan fingerprint density at radius 3 is 2.46 bits per heavy atom. The minimum Gasteiger partial charge on any atom is -0.466 e. The molecule has 0 fully saturated rings. The van der Waals surface area contributed by atoms with Crippen LogP contribution in [-0.4, -0.2) is 12.6 Å². The molecule has 0 aromatic rings. The van der Waals surface area contributed by atoms with Crippen molar-refractivity contribution in [3.05, 3.63) is 11.6 Å². The van der Waals surface area contributed by atoms with Gasteiger partial charge < -0.3 is 4.74 Å². The summed E-state index contributed by atoms with van der Waals surface area (Å²) in [6.07, 6.45) is 5.09. The highest BCUT2D eigenvalue weighted by atomic mass is 35.5. The van der Waals surface area contributed by atoms with E-state index in [1.165, 1.54) is 6.92 Å². The van der Waals surface area contributed by atoms with Gasteiger partial charge in [-0.15, -0.1) is 0 Å². The third-order valence-electron chi connectivity index (χ3n) is 1.65. The molecule has 0 atom stereocenters. The molecule has 0 amide bonds. The summed E-state index contributed by atoms with van der Waals surface area (Å²) in [7, 11) is 0. The maximum Gasteiger partial charge on any atom is 0.302 e. The van der Waals surface area contributed by atoms with Crippen molar-refractivity contribution in [1.82, 2.24) is 0 Å². The Bertz CT molecular complexity index is 148. The topological polar surface area (TPSA) is 26.3 Å². The number of carbonyl (C=O) groups excluding carboxylic acids is 1. The van der Waals surface area contributed by atoms with Crippen LogP contribution in [0.1, 0.15) is 39.0 Å². The van der Waals surface area contributed by atoms with E-state index in [-0.39, 0.29) is 5.97 Å². The first-order valence-corrected chi connectivity index (χ1v) is 4.97. The number of hydrogen-bond donors (Lipinski definition) is 0. The van der Waals surface area contributed by atoms with Crippen LogP contribution < -0.4 is 0 Å². The number of hydrogen-bond acceptors (Lipinski definition) is 2. The Hall–Kier alpha value is -0.500. The molecule has 0 aliphatic rings. The fourth-order valence-corrected chi connectivity index (χ4v) is 1.12. The van der Waals surface area contributed by atoms with Gasteiger partial charge in [-0.2, -0.15) is 0 Å². The van der Waals surface area contributed by atoms with E-state index < -0.39 is 0 Å². The summed E-state index contributed by atoms with van der Waals surface area (Å²) in [5.74, 6) is -0.200. The Kier molecular flexibility index (Phi) is 7.80. The molecule has 0 aliphatic carbocycles. The molecule has 0 saturated carbocycles. The summed E-state index contributed by atoms with van der Waals surface area (Å²) in [6, 6.07) is 0. The second kappa shape index (κ2) is 8.11. The van der Waals surface area contributed by atoms with E-state index in [2.05, 4.69) is 6.58 Å². The number of allylic oxidation sites excluding steroid dienone is 1. The zero-order chi connectivity index (χ0) is 10.1. The molecule has 0 aromatic carbocycles. The van der Waals surface area contributed by atoms with Gasteiger partial charge in [0.2, 0.25) is 0 Å². The SMILES string of the molecule is C=C(Cl)CCCCCCOC(C)=O. The fraction of sp³-hybridized carbons (Fsp3) is 0.700. The van der Waals surface area contributed by atoms with Crippen LogP contribution >= 0.6 is 11.6 Å². The largest absolute Gasteiger partial charge is 0.466 e. The van der Waals surface area contributed by atoms with E-state index in [1.807, 2.05) is 0 Å². The summed E-state index contributed by atoms with van der Waals surface area (Å²) < 4.78 is 4.79. The van der Waals surface area contributed by atoms with Crippen LogP contribution in [0.5, 0.6) is 0 Å². The number of carbonyl (C=O) groups is 1. The van der Waals surface area contributed by atoms with Gasteiger partial charge in [0.1, 0.15) is 0 Å². The number of esters is 1. The first-order valence-electron chi connectivity index (χ1n) is 4.59. The quantitative estimate of drug-likeness (QED) is 0.470. The third kappa shape index (κ3) is 11.5. The van der Waals surface area contributed by atoms with E-state index in [9.17, 15) is 4.79 Å². The Balaban J connectivity index is 3.00. The number of halogens is 1. The molecule has 3 heteroatoms. The highest BCUT2D eigenvalue weighted by molar-refractivity contribution is 6.29. The molecule has 0 spiro atoms. The average molecular weight is 205 g/mol. The second-order valence-corrected chi connectivity index (χ2v) is 3.56. The molecule has 76 valence electrons. The summed E-state index contributed by atoms with van der Waals surface area (Å²) in [5.41, 5.74) is 0. The predicted molar refractivity (Wildman–Crippen MR) is 54.7 cm³/mol. The van der Waals surface area contributed by atoms with Gasteiger partial charge in [-0.25, -0.2) is 0 Å². The molecule has 0 radical (unpaired) electrons. The molecule has 0 N–H and O–H groups in total. The van der Waals surface area contributed by atoms with E-state index in [1.54, 1.807) is 0 Å².